The summed E-state index contributed by atoms with van der Waals surface area (Å²) in [7, 11) is 0. The summed E-state index contributed by atoms with van der Waals surface area (Å²) >= 11 is 1.37. The first-order valence-electron chi connectivity index (χ1n) is 9.04. The average Bonchev–Trinajstić information content (AvgIpc) is 3.09. The van der Waals surface area contributed by atoms with Crippen molar-refractivity contribution < 1.29 is 9.59 Å². The molecular weight excluding hydrogens is 348 g/mol. The van der Waals surface area contributed by atoms with Crippen LogP contribution in [-0.2, 0) is 10.2 Å². The van der Waals surface area contributed by atoms with Gasteiger partial charge in [0.25, 0.3) is 5.91 Å². The molecule has 0 aliphatic carbocycles. The van der Waals surface area contributed by atoms with E-state index in [4.69, 9.17) is 10.7 Å². The van der Waals surface area contributed by atoms with Crippen LogP contribution in [0.1, 0.15) is 49.0 Å². The number of rotatable bonds is 2. The zero-order valence-corrected chi connectivity index (χ0v) is 16.2. The van der Waals surface area contributed by atoms with Crippen LogP contribution in [0.3, 0.4) is 0 Å². The number of carbonyl (C=O) groups excluding carboxylic acids is 2. The van der Waals surface area contributed by atoms with Gasteiger partial charge in [-0.1, -0.05) is 20.8 Å². The largest absolute Gasteiger partial charge is 0.397 e. The van der Waals surface area contributed by atoms with E-state index in [0.29, 0.717) is 30.1 Å². The maximum atomic E-state index is 12.9. The van der Waals surface area contributed by atoms with Gasteiger partial charge in [0.15, 0.2) is 0 Å². The molecule has 0 bridgehead atoms. The zero-order valence-electron chi connectivity index (χ0n) is 15.4. The van der Waals surface area contributed by atoms with Crippen molar-refractivity contribution >= 4 is 39.1 Å². The van der Waals surface area contributed by atoms with Crippen LogP contribution >= 0.6 is 11.3 Å². The predicted octanol–water partition coefficient (Wildman–Crippen LogP) is 2.62. The molecule has 0 saturated carbocycles. The van der Waals surface area contributed by atoms with E-state index in [2.05, 4.69) is 20.8 Å². The monoisotopic (exact) mass is 372 g/mol. The number of fused-ring (bicyclic) bond motifs is 1. The molecule has 4 heterocycles. The Hall–Kier alpha value is -2.15. The van der Waals surface area contributed by atoms with E-state index in [1.165, 1.54) is 11.3 Å². The summed E-state index contributed by atoms with van der Waals surface area (Å²) in [6, 6.07) is 4.11. The highest BCUT2D eigenvalue weighted by Crippen LogP contribution is 2.36. The first-order valence-corrected chi connectivity index (χ1v) is 9.85. The van der Waals surface area contributed by atoms with Crippen molar-refractivity contribution in [3.63, 3.8) is 0 Å². The van der Waals surface area contributed by atoms with Crippen LogP contribution in [0.25, 0.3) is 10.2 Å². The van der Waals surface area contributed by atoms with Crippen LogP contribution in [0.5, 0.6) is 0 Å². The molecule has 0 aromatic carbocycles. The Morgan fingerprint density at radius 1 is 1.31 bits per heavy atom. The Kier molecular flexibility index (Phi) is 3.95. The smallest absolute Gasteiger partial charge is 0.266 e. The van der Waals surface area contributed by atoms with E-state index >= 15 is 0 Å². The number of nitrogens with zero attached hydrogens (tertiary/aromatic N) is 3. The second-order valence-corrected chi connectivity index (χ2v) is 9.20. The van der Waals surface area contributed by atoms with Crippen LogP contribution in [-0.4, -0.2) is 52.3 Å². The van der Waals surface area contributed by atoms with Crippen molar-refractivity contribution in [2.75, 3.05) is 25.4 Å². The zero-order chi connectivity index (χ0) is 18.6. The van der Waals surface area contributed by atoms with Crippen LogP contribution in [0.2, 0.25) is 0 Å². The molecule has 6 nitrogen and oxygen atoms in total. The number of carbonyl (C=O) groups is 2. The van der Waals surface area contributed by atoms with Crippen molar-refractivity contribution in [2.24, 2.45) is 0 Å². The summed E-state index contributed by atoms with van der Waals surface area (Å²) in [5.41, 5.74) is 7.71. The summed E-state index contributed by atoms with van der Waals surface area (Å²) in [6.45, 7) is 8.35. The number of anilines is 1. The number of thiophene rings is 1. The number of nitrogens with two attached hydrogens (primary N) is 1. The topological polar surface area (TPSA) is 79.5 Å². The highest BCUT2D eigenvalue weighted by atomic mass is 32.1. The SMILES string of the molecule is CC(C)(C)c1ccc2c(N)c(C(=O)N3CC(N4CCCC4=O)C3)sc2n1. The lowest BCUT2D eigenvalue weighted by atomic mass is 9.91. The molecule has 0 spiro atoms. The Bertz CT molecular complexity index is 893. The van der Waals surface area contributed by atoms with E-state index < -0.39 is 0 Å². The van der Waals surface area contributed by atoms with Gasteiger partial charge in [0.05, 0.1) is 11.7 Å². The van der Waals surface area contributed by atoms with Gasteiger partial charge in [-0.3, -0.25) is 9.59 Å². The Labute approximate surface area is 157 Å². The Morgan fingerprint density at radius 2 is 2.04 bits per heavy atom. The molecule has 138 valence electrons. The van der Waals surface area contributed by atoms with Crippen LogP contribution < -0.4 is 5.73 Å². The number of hydrogen-bond acceptors (Lipinski definition) is 5. The fraction of sp³-hybridized carbons (Fsp3) is 0.526. The van der Waals surface area contributed by atoms with Gasteiger partial charge >= 0.3 is 0 Å². The lowest BCUT2D eigenvalue weighted by Crippen LogP contribution is -2.61. The fourth-order valence-corrected chi connectivity index (χ4v) is 4.65. The molecule has 2 N–H and O–H groups in total. The summed E-state index contributed by atoms with van der Waals surface area (Å²) in [5, 5.41) is 0.846. The molecular formula is C19H24N4O2S. The van der Waals surface area contributed by atoms with Crippen LogP contribution in [0.15, 0.2) is 12.1 Å². The van der Waals surface area contributed by atoms with E-state index in [9.17, 15) is 9.59 Å². The van der Waals surface area contributed by atoms with Gasteiger partial charge in [0.1, 0.15) is 9.71 Å². The molecule has 0 radical (unpaired) electrons. The molecule has 2 saturated heterocycles. The molecule has 4 rings (SSSR count). The molecule has 0 unspecified atom stereocenters. The van der Waals surface area contributed by atoms with E-state index in [1.54, 1.807) is 4.90 Å². The number of likely N-dealkylation sites (tertiary alicyclic amines) is 2. The van der Waals surface area contributed by atoms with Crippen molar-refractivity contribution in [1.29, 1.82) is 0 Å². The molecule has 2 fully saturated rings. The maximum Gasteiger partial charge on any atom is 0.266 e. The molecule has 0 atom stereocenters. The molecule has 2 aromatic rings. The second-order valence-electron chi connectivity index (χ2n) is 8.20. The number of aromatic nitrogens is 1. The predicted molar refractivity (Wildman–Crippen MR) is 103 cm³/mol. The Morgan fingerprint density at radius 3 is 2.65 bits per heavy atom. The van der Waals surface area contributed by atoms with E-state index in [-0.39, 0.29) is 23.3 Å². The summed E-state index contributed by atoms with van der Waals surface area (Å²) in [6.07, 6.45) is 1.56. The van der Waals surface area contributed by atoms with Gasteiger partial charge in [-0.15, -0.1) is 11.3 Å². The molecule has 2 aliphatic heterocycles. The lowest BCUT2D eigenvalue weighted by molar-refractivity contribution is -0.132. The summed E-state index contributed by atoms with van der Waals surface area (Å²) in [5.74, 6) is 0.160. The minimum absolute atomic E-state index is 0.0503. The summed E-state index contributed by atoms with van der Waals surface area (Å²) in [4.78, 5) is 34.5. The number of hydrogen-bond donors (Lipinski definition) is 1. The maximum absolute atomic E-state index is 12.9. The standard InChI is InChI=1S/C19H24N4O2S/c1-19(2,3)13-7-6-12-15(20)16(26-17(12)21-13)18(25)22-9-11(10-22)23-8-4-5-14(23)24/h6-7,11H,4-5,8-10,20H2,1-3H3. The van der Waals surface area contributed by atoms with Crippen molar-refractivity contribution in [2.45, 2.75) is 45.1 Å². The van der Waals surface area contributed by atoms with Crippen molar-refractivity contribution in [3.8, 4) is 0 Å². The highest BCUT2D eigenvalue weighted by molar-refractivity contribution is 7.21. The second kappa shape index (κ2) is 5.94. The molecule has 2 amide bonds. The van der Waals surface area contributed by atoms with E-state index in [0.717, 1.165) is 28.9 Å². The average molecular weight is 372 g/mol. The minimum atomic E-state index is -0.0515. The van der Waals surface area contributed by atoms with Gasteiger partial charge in [-0.05, 0) is 18.6 Å². The number of pyridine rings is 1. The molecule has 2 aromatic heterocycles. The third-order valence-electron chi connectivity index (χ3n) is 5.26. The van der Waals surface area contributed by atoms with Gasteiger partial charge in [-0.2, -0.15) is 0 Å². The molecule has 2 aliphatic rings. The highest BCUT2D eigenvalue weighted by Gasteiger charge is 2.39. The van der Waals surface area contributed by atoms with Crippen molar-refractivity contribution in [3.05, 3.63) is 22.7 Å². The first-order chi connectivity index (χ1) is 12.3. The molecule has 26 heavy (non-hydrogen) atoms. The molecule has 7 heteroatoms. The van der Waals surface area contributed by atoms with E-state index in [1.807, 2.05) is 17.0 Å². The summed E-state index contributed by atoms with van der Waals surface area (Å²) < 4.78 is 0. The Balaban J connectivity index is 1.54. The van der Waals surface area contributed by atoms with Crippen LogP contribution in [0, 0.1) is 0 Å². The quantitative estimate of drug-likeness (QED) is 0.879. The third-order valence-corrected chi connectivity index (χ3v) is 6.36. The van der Waals surface area contributed by atoms with Gasteiger partial charge in [-0.25, -0.2) is 4.98 Å². The van der Waals surface area contributed by atoms with Gasteiger partial charge < -0.3 is 15.5 Å². The minimum Gasteiger partial charge on any atom is -0.397 e. The number of amides is 2. The lowest BCUT2D eigenvalue weighted by Gasteiger charge is -2.43. The third kappa shape index (κ3) is 2.74. The van der Waals surface area contributed by atoms with Gasteiger partial charge in [0.2, 0.25) is 5.91 Å². The normalized spacial score (nSPS) is 18.7. The van der Waals surface area contributed by atoms with Gasteiger partial charge in [0, 0.05) is 42.6 Å². The van der Waals surface area contributed by atoms with Crippen molar-refractivity contribution in [1.82, 2.24) is 14.8 Å². The fourth-order valence-electron chi connectivity index (χ4n) is 3.59. The van der Waals surface area contributed by atoms with Crippen LogP contribution in [0.4, 0.5) is 5.69 Å². The first kappa shape index (κ1) is 17.3. The number of nitrogen functional groups attached to an aromatic ring is 1.